The summed E-state index contributed by atoms with van der Waals surface area (Å²) in [5, 5.41) is 0. The van der Waals surface area contributed by atoms with Gasteiger partial charge in [0.25, 0.3) is 0 Å². The number of ether oxygens (including phenoxy) is 1. The van der Waals surface area contributed by atoms with Gasteiger partial charge < -0.3 is 15.0 Å². The Balaban J connectivity index is 2.23. The van der Waals surface area contributed by atoms with Crippen molar-refractivity contribution in [3.8, 4) is 0 Å². The lowest BCUT2D eigenvalue weighted by molar-refractivity contribution is 0.0596. The number of halogens is 1. The highest BCUT2D eigenvalue weighted by molar-refractivity contribution is 7.16. The van der Waals surface area contributed by atoms with Crippen molar-refractivity contribution in [3.63, 3.8) is 0 Å². The molecule has 0 amide bonds. The van der Waals surface area contributed by atoms with E-state index in [-0.39, 0.29) is 5.69 Å². The van der Waals surface area contributed by atoms with Crippen molar-refractivity contribution in [3.05, 3.63) is 33.4 Å². The summed E-state index contributed by atoms with van der Waals surface area (Å²) in [5.74, 6) is -0.244. The van der Waals surface area contributed by atoms with E-state index >= 15 is 0 Å². The molecular weight excluding hydrogens is 262 g/mol. The number of anilines is 1. The zero-order valence-electron chi connectivity index (χ0n) is 9.01. The minimum Gasteiger partial charge on any atom is -0.464 e. The first-order chi connectivity index (χ1) is 8.11. The molecule has 0 fully saturated rings. The van der Waals surface area contributed by atoms with Gasteiger partial charge in [0.2, 0.25) is 0 Å². The standard InChI is InChI=1S/C10H10ClN3O2S/c1-16-10(15)8-9(12)14(5-13-8)4-6-2-3-7(11)17-6/h2-3,5H,4,12H2,1H3. The number of aromatic nitrogens is 2. The van der Waals surface area contributed by atoms with Gasteiger partial charge in [-0.1, -0.05) is 11.6 Å². The first-order valence-corrected chi connectivity index (χ1v) is 5.94. The van der Waals surface area contributed by atoms with Crippen LogP contribution >= 0.6 is 22.9 Å². The molecule has 0 spiro atoms. The summed E-state index contributed by atoms with van der Waals surface area (Å²) in [4.78, 5) is 16.3. The van der Waals surface area contributed by atoms with Crippen molar-refractivity contribution in [1.82, 2.24) is 9.55 Å². The van der Waals surface area contributed by atoms with Crippen LogP contribution in [0.3, 0.4) is 0 Å². The highest BCUT2D eigenvalue weighted by Crippen LogP contribution is 2.23. The summed E-state index contributed by atoms with van der Waals surface area (Å²) in [6.07, 6.45) is 1.51. The zero-order valence-corrected chi connectivity index (χ0v) is 10.6. The summed E-state index contributed by atoms with van der Waals surface area (Å²) in [7, 11) is 1.29. The summed E-state index contributed by atoms with van der Waals surface area (Å²) >= 11 is 7.29. The smallest absolute Gasteiger partial charge is 0.360 e. The predicted molar refractivity (Wildman–Crippen MR) is 66.4 cm³/mol. The normalized spacial score (nSPS) is 10.5. The van der Waals surface area contributed by atoms with Gasteiger partial charge in [-0.3, -0.25) is 0 Å². The minimum atomic E-state index is -0.537. The maximum atomic E-state index is 11.3. The molecule has 0 saturated heterocycles. The number of nitrogen functional groups attached to an aromatic ring is 1. The molecule has 0 aliphatic heterocycles. The molecule has 0 aromatic carbocycles. The number of carbonyl (C=O) groups excluding carboxylic acids is 1. The van der Waals surface area contributed by atoms with E-state index in [0.717, 1.165) is 4.88 Å². The SMILES string of the molecule is COC(=O)c1ncn(Cc2ccc(Cl)s2)c1N. The van der Waals surface area contributed by atoms with Crippen LogP contribution in [0.2, 0.25) is 4.34 Å². The summed E-state index contributed by atoms with van der Waals surface area (Å²) in [5.41, 5.74) is 5.94. The molecule has 5 nitrogen and oxygen atoms in total. The van der Waals surface area contributed by atoms with Gasteiger partial charge in [-0.15, -0.1) is 11.3 Å². The van der Waals surface area contributed by atoms with Crippen LogP contribution in [0.25, 0.3) is 0 Å². The Morgan fingerprint density at radius 1 is 1.65 bits per heavy atom. The molecule has 2 rings (SSSR count). The van der Waals surface area contributed by atoms with Crippen LogP contribution in [-0.2, 0) is 11.3 Å². The van der Waals surface area contributed by atoms with Crippen LogP contribution in [-0.4, -0.2) is 22.6 Å². The third-order valence-corrected chi connectivity index (χ3v) is 3.43. The molecule has 17 heavy (non-hydrogen) atoms. The number of imidazole rings is 1. The average Bonchev–Trinajstić information content (AvgIpc) is 2.87. The van der Waals surface area contributed by atoms with Crippen LogP contribution < -0.4 is 5.73 Å². The number of carbonyl (C=O) groups is 1. The third kappa shape index (κ3) is 2.42. The molecule has 0 saturated carbocycles. The van der Waals surface area contributed by atoms with E-state index in [1.807, 2.05) is 12.1 Å². The number of hydrogen-bond acceptors (Lipinski definition) is 5. The molecule has 0 unspecified atom stereocenters. The highest BCUT2D eigenvalue weighted by Gasteiger charge is 2.16. The summed E-state index contributed by atoms with van der Waals surface area (Å²) in [6, 6.07) is 3.72. The highest BCUT2D eigenvalue weighted by atomic mass is 35.5. The quantitative estimate of drug-likeness (QED) is 0.867. The first-order valence-electron chi connectivity index (χ1n) is 4.75. The number of hydrogen-bond donors (Lipinski definition) is 1. The largest absolute Gasteiger partial charge is 0.464 e. The van der Waals surface area contributed by atoms with E-state index in [9.17, 15) is 4.79 Å². The molecule has 2 aromatic heterocycles. The molecule has 90 valence electrons. The third-order valence-electron chi connectivity index (χ3n) is 2.21. The van der Waals surface area contributed by atoms with Crippen molar-refractivity contribution in [2.75, 3.05) is 12.8 Å². The lowest BCUT2D eigenvalue weighted by Gasteiger charge is -2.03. The molecule has 0 radical (unpaired) electrons. The van der Waals surface area contributed by atoms with Gasteiger partial charge in [0.1, 0.15) is 5.82 Å². The van der Waals surface area contributed by atoms with Gasteiger partial charge in [-0.25, -0.2) is 9.78 Å². The molecule has 7 heteroatoms. The second-order valence-electron chi connectivity index (χ2n) is 3.30. The van der Waals surface area contributed by atoms with Gasteiger partial charge >= 0.3 is 5.97 Å². The maximum absolute atomic E-state index is 11.3. The molecular formula is C10H10ClN3O2S. The van der Waals surface area contributed by atoms with E-state index in [2.05, 4.69) is 9.72 Å². The van der Waals surface area contributed by atoms with Crippen LogP contribution in [0.4, 0.5) is 5.82 Å². The Kier molecular flexibility index (Phi) is 3.35. The van der Waals surface area contributed by atoms with Crippen molar-refractivity contribution in [2.45, 2.75) is 6.54 Å². The van der Waals surface area contributed by atoms with E-state index in [4.69, 9.17) is 17.3 Å². The number of methoxy groups -OCH3 is 1. The molecule has 2 aromatic rings. The Morgan fingerprint density at radius 2 is 2.41 bits per heavy atom. The van der Waals surface area contributed by atoms with E-state index in [1.165, 1.54) is 24.8 Å². The molecule has 0 atom stereocenters. The molecule has 0 aliphatic rings. The molecule has 2 N–H and O–H groups in total. The monoisotopic (exact) mass is 271 g/mol. The van der Waals surface area contributed by atoms with E-state index < -0.39 is 5.97 Å². The fourth-order valence-electron chi connectivity index (χ4n) is 1.38. The van der Waals surface area contributed by atoms with Gasteiger partial charge in [0.15, 0.2) is 5.69 Å². The van der Waals surface area contributed by atoms with Crippen LogP contribution in [0.1, 0.15) is 15.4 Å². The number of esters is 1. The Bertz CT molecular complexity index is 549. The van der Waals surface area contributed by atoms with E-state index in [1.54, 1.807) is 4.57 Å². The Morgan fingerprint density at radius 3 is 3.00 bits per heavy atom. The first kappa shape index (κ1) is 11.9. The minimum absolute atomic E-state index is 0.134. The number of thiophene rings is 1. The predicted octanol–water partition coefficient (Wildman–Crippen LogP) is 2.02. The second-order valence-corrected chi connectivity index (χ2v) is 5.10. The van der Waals surface area contributed by atoms with Crippen molar-refractivity contribution >= 4 is 34.7 Å². The summed E-state index contributed by atoms with van der Waals surface area (Å²) in [6.45, 7) is 0.535. The maximum Gasteiger partial charge on any atom is 0.360 e. The molecule has 0 aliphatic carbocycles. The Hall–Kier alpha value is -1.53. The van der Waals surface area contributed by atoms with Crippen LogP contribution in [0.15, 0.2) is 18.5 Å². The average molecular weight is 272 g/mol. The Labute approximate surface area is 107 Å². The van der Waals surface area contributed by atoms with E-state index in [0.29, 0.717) is 16.7 Å². The lowest BCUT2D eigenvalue weighted by atomic mass is 10.4. The summed E-state index contributed by atoms with van der Waals surface area (Å²) < 4.78 is 6.96. The molecule has 2 heterocycles. The molecule has 0 bridgehead atoms. The van der Waals surface area contributed by atoms with Crippen molar-refractivity contribution in [1.29, 1.82) is 0 Å². The topological polar surface area (TPSA) is 70.1 Å². The number of nitrogens with zero attached hydrogens (tertiary/aromatic N) is 2. The van der Waals surface area contributed by atoms with Gasteiger partial charge in [-0.05, 0) is 12.1 Å². The fraction of sp³-hybridized carbons (Fsp3) is 0.200. The second kappa shape index (κ2) is 4.77. The van der Waals surface area contributed by atoms with Gasteiger partial charge in [0, 0.05) is 4.88 Å². The van der Waals surface area contributed by atoms with Crippen molar-refractivity contribution in [2.24, 2.45) is 0 Å². The van der Waals surface area contributed by atoms with Crippen LogP contribution in [0, 0.1) is 0 Å². The number of rotatable bonds is 3. The fourth-order valence-corrected chi connectivity index (χ4v) is 2.46. The van der Waals surface area contributed by atoms with Crippen LogP contribution in [0.5, 0.6) is 0 Å². The van der Waals surface area contributed by atoms with Gasteiger partial charge in [-0.2, -0.15) is 0 Å². The zero-order chi connectivity index (χ0) is 12.4. The van der Waals surface area contributed by atoms with Crippen molar-refractivity contribution < 1.29 is 9.53 Å². The van der Waals surface area contributed by atoms with Gasteiger partial charge in [0.05, 0.1) is 24.3 Å². The lowest BCUT2D eigenvalue weighted by Crippen LogP contribution is -2.08. The number of nitrogens with two attached hydrogens (primary N) is 1.